The number of rotatable bonds is 6. The maximum atomic E-state index is 12.6. The first-order valence-corrected chi connectivity index (χ1v) is 7.72. The molecule has 0 atom stereocenters. The van der Waals surface area contributed by atoms with Crippen molar-refractivity contribution in [2.24, 2.45) is 10.7 Å². The zero-order valence-electron chi connectivity index (χ0n) is 13.6. The second-order valence-corrected chi connectivity index (χ2v) is 5.34. The molecule has 140 valence electrons. The number of aromatic nitrogens is 2. The third-order valence-electron chi connectivity index (χ3n) is 3.05. The van der Waals surface area contributed by atoms with Crippen LogP contribution in [0.25, 0.3) is 0 Å². The van der Waals surface area contributed by atoms with Crippen LogP contribution in [0.15, 0.2) is 35.5 Å². The van der Waals surface area contributed by atoms with Gasteiger partial charge in [0.25, 0.3) is 0 Å². The number of hydrogen-bond acceptors (Lipinski definition) is 5. The lowest BCUT2D eigenvalue weighted by atomic mass is 10.3. The molecule has 11 heteroatoms. The average Bonchev–Trinajstić information content (AvgIpc) is 2.58. The highest BCUT2D eigenvalue weighted by Crippen LogP contribution is 2.28. The Hall–Kier alpha value is -2.75. The molecule has 0 unspecified atom stereocenters. The van der Waals surface area contributed by atoms with E-state index in [2.05, 4.69) is 25.6 Å². The van der Waals surface area contributed by atoms with E-state index in [1.807, 2.05) is 0 Å². The highest BCUT2D eigenvalue weighted by molar-refractivity contribution is 6.32. The van der Waals surface area contributed by atoms with Gasteiger partial charge in [-0.25, -0.2) is 9.97 Å². The number of alkyl halides is 3. The summed E-state index contributed by atoms with van der Waals surface area (Å²) in [5.74, 6) is 0.513. The first kappa shape index (κ1) is 19.6. The molecule has 0 saturated carbocycles. The smallest absolute Gasteiger partial charge is 0.433 e. The molecule has 26 heavy (non-hydrogen) atoms. The predicted molar refractivity (Wildman–Crippen MR) is 93.6 cm³/mol. The maximum Gasteiger partial charge on any atom is 0.433 e. The molecule has 0 amide bonds. The van der Waals surface area contributed by atoms with Crippen molar-refractivity contribution in [3.8, 4) is 5.75 Å². The summed E-state index contributed by atoms with van der Waals surface area (Å²) < 4.78 is 42.7. The Morgan fingerprint density at radius 2 is 2.12 bits per heavy atom. The number of nitrogens with zero attached hydrogens (tertiary/aromatic N) is 3. The van der Waals surface area contributed by atoms with Crippen LogP contribution in [0.1, 0.15) is 5.69 Å². The molecule has 0 fully saturated rings. The fraction of sp³-hybridized carbons (Fsp3) is 0.267. The van der Waals surface area contributed by atoms with Gasteiger partial charge in [0.05, 0.1) is 18.7 Å². The number of guanidine groups is 1. The van der Waals surface area contributed by atoms with Crippen LogP contribution in [0.3, 0.4) is 0 Å². The normalized spacial score (nSPS) is 12.0. The first-order chi connectivity index (χ1) is 12.3. The summed E-state index contributed by atoms with van der Waals surface area (Å²) in [4.78, 5) is 11.2. The lowest BCUT2D eigenvalue weighted by Gasteiger charge is -2.09. The summed E-state index contributed by atoms with van der Waals surface area (Å²) in [6, 6.07) is 5.80. The van der Waals surface area contributed by atoms with Crippen LogP contribution in [0.5, 0.6) is 5.75 Å². The van der Waals surface area contributed by atoms with Crippen molar-refractivity contribution in [3.63, 3.8) is 0 Å². The molecule has 0 aliphatic heterocycles. The summed E-state index contributed by atoms with van der Waals surface area (Å²) >= 11 is 6.00. The fourth-order valence-electron chi connectivity index (χ4n) is 1.88. The molecule has 1 aromatic heterocycles. The summed E-state index contributed by atoms with van der Waals surface area (Å²) in [5.41, 5.74) is 5.34. The number of nitrogens with one attached hydrogen (secondary N) is 2. The van der Waals surface area contributed by atoms with Gasteiger partial charge in [-0.15, -0.1) is 0 Å². The van der Waals surface area contributed by atoms with Crippen molar-refractivity contribution in [3.05, 3.63) is 41.2 Å². The van der Waals surface area contributed by atoms with E-state index in [1.165, 1.54) is 7.11 Å². The van der Waals surface area contributed by atoms with E-state index in [0.717, 1.165) is 12.3 Å². The third-order valence-corrected chi connectivity index (χ3v) is 3.34. The molecule has 7 nitrogen and oxygen atoms in total. The van der Waals surface area contributed by atoms with Gasteiger partial charge in [0, 0.05) is 18.4 Å². The quantitative estimate of drug-likeness (QED) is 0.400. The highest BCUT2D eigenvalue weighted by atomic mass is 35.5. The maximum absolute atomic E-state index is 12.6. The van der Waals surface area contributed by atoms with Crippen molar-refractivity contribution in [2.45, 2.75) is 6.18 Å². The van der Waals surface area contributed by atoms with Crippen molar-refractivity contribution >= 4 is 29.2 Å². The van der Waals surface area contributed by atoms with Crippen LogP contribution in [0, 0.1) is 0 Å². The lowest BCUT2D eigenvalue weighted by Crippen LogP contribution is -2.24. The van der Waals surface area contributed by atoms with E-state index in [9.17, 15) is 13.2 Å². The Kier molecular flexibility index (Phi) is 6.45. The van der Waals surface area contributed by atoms with Crippen LogP contribution >= 0.6 is 11.6 Å². The van der Waals surface area contributed by atoms with E-state index in [0.29, 0.717) is 16.5 Å². The molecule has 0 aliphatic rings. The van der Waals surface area contributed by atoms with Crippen LogP contribution < -0.4 is 21.1 Å². The first-order valence-electron chi connectivity index (χ1n) is 7.34. The molecule has 2 aromatic rings. The minimum atomic E-state index is -4.52. The van der Waals surface area contributed by atoms with E-state index >= 15 is 0 Å². The molecule has 4 N–H and O–H groups in total. The molecule has 1 aromatic carbocycles. The van der Waals surface area contributed by atoms with Gasteiger partial charge in [0.1, 0.15) is 11.4 Å². The Morgan fingerprint density at radius 1 is 1.35 bits per heavy atom. The van der Waals surface area contributed by atoms with Crippen molar-refractivity contribution in [1.82, 2.24) is 9.97 Å². The highest BCUT2D eigenvalue weighted by Gasteiger charge is 2.32. The molecular formula is C15H16ClF3N6O. The standard InChI is InChI=1S/C15H16ClF3N6O/c1-26-11-3-2-9(8-10(11)16)24-13(20)21-6-7-23-14-22-5-4-12(25-14)15(17,18)19/h2-5,8H,6-7H2,1H3,(H3,20,21,24)(H,22,23,25). The van der Waals surface area contributed by atoms with Crippen LogP contribution in [-0.2, 0) is 6.18 Å². The Bertz CT molecular complexity index is 784. The topological polar surface area (TPSA) is 97.5 Å². The minimum absolute atomic E-state index is 0.123. The van der Waals surface area contributed by atoms with Crippen molar-refractivity contribution in [2.75, 3.05) is 30.8 Å². The number of hydrogen-bond donors (Lipinski definition) is 3. The van der Waals surface area contributed by atoms with E-state index in [-0.39, 0.29) is 25.0 Å². The predicted octanol–water partition coefficient (Wildman–Crippen LogP) is 3.00. The fourth-order valence-corrected chi connectivity index (χ4v) is 2.14. The SMILES string of the molecule is COc1ccc(NC(N)=NCCNc2nccc(C(F)(F)F)n2)cc1Cl. The van der Waals surface area contributed by atoms with Gasteiger partial charge in [0.2, 0.25) is 5.95 Å². The summed E-state index contributed by atoms with van der Waals surface area (Å²) in [7, 11) is 1.51. The van der Waals surface area contributed by atoms with Gasteiger partial charge >= 0.3 is 6.18 Å². The summed E-state index contributed by atoms with van der Waals surface area (Å²) in [5, 5.41) is 5.90. The van der Waals surface area contributed by atoms with Crippen molar-refractivity contribution in [1.29, 1.82) is 0 Å². The van der Waals surface area contributed by atoms with Crippen LogP contribution in [0.2, 0.25) is 5.02 Å². The van der Waals surface area contributed by atoms with E-state index < -0.39 is 11.9 Å². The molecular weight excluding hydrogens is 373 g/mol. The average molecular weight is 389 g/mol. The number of halogens is 4. The monoisotopic (exact) mass is 388 g/mol. The van der Waals surface area contributed by atoms with E-state index in [4.69, 9.17) is 22.1 Å². The van der Waals surface area contributed by atoms with E-state index in [1.54, 1.807) is 18.2 Å². The number of aliphatic imine (C=N–C) groups is 1. The zero-order chi connectivity index (χ0) is 19.2. The van der Waals surface area contributed by atoms with Crippen LogP contribution in [-0.4, -0.2) is 36.1 Å². The Balaban J connectivity index is 1.85. The van der Waals surface area contributed by atoms with Crippen molar-refractivity contribution < 1.29 is 17.9 Å². The summed E-state index contributed by atoms with van der Waals surface area (Å²) in [6.07, 6.45) is -3.49. The number of benzene rings is 1. The summed E-state index contributed by atoms with van der Waals surface area (Å²) in [6.45, 7) is 0.398. The number of nitrogens with two attached hydrogens (primary N) is 1. The molecule has 0 radical (unpaired) electrons. The van der Waals surface area contributed by atoms with Crippen LogP contribution in [0.4, 0.5) is 24.8 Å². The number of methoxy groups -OCH3 is 1. The Labute approximate surface area is 152 Å². The third kappa shape index (κ3) is 5.66. The molecule has 0 spiro atoms. The zero-order valence-corrected chi connectivity index (χ0v) is 14.4. The van der Waals surface area contributed by atoms with Gasteiger partial charge in [-0.2, -0.15) is 13.2 Å². The lowest BCUT2D eigenvalue weighted by molar-refractivity contribution is -0.141. The van der Waals surface area contributed by atoms with Gasteiger partial charge in [-0.05, 0) is 24.3 Å². The largest absolute Gasteiger partial charge is 0.495 e. The molecule has 0 aliphatic carbocycles. The minimum Gasteiger partial charge on any atom is -0.495 e. The second-order valence-electron chi connectivity index (χ2n) is 4.93. The molecule has 1 heterocycles. The van der Waals surface area contributed by atoms with Gasteiger partial charge in [-0.1, -0.05) is 11.6 Å². The Morgan fingerprint density at radius 3 is 2.77 bits per heavy atom. The molecule has 0 saturated heterocycles. The molecule has 0 bridgehead atoms. The second kappa shape index (κ2) is 8.56. The number of anilines is 2. The van der Waals surface area contributed by atoms with Gasteiger partial charge in [-0.3, -0.25) is 4.99 Å². The van der Waals surface area contributed by atoms with Gasteiger partial charge < -0.3 is 21.1 Å². The van der Waals surface area contributed by atoms with Gasteiger partial charge in [0.15, 0.2) is 5.96 Å². The molecule has 2 rings (SSSR count). The number of ether oxygens (including phenoxy) is 1.